The van der Waals surface area contributed by atoms with Gasteiger partial charge in [-0.1, -0.05) is 19.2 Å². The molecule has 0 bridgehead atoms. The topological polar surface area (TPSA) is 29.4 Å². The molecular formula is C17H20N3S+. The third kappa shape index (κ3) is 4.11. The Bertz CT molecular complexity index is 572. The van der Waals surface area contributed by atoms with Gasteiger partial charge in [0.25, 0.3) is 0 Å². The molecule has 2 aromatic heterocycles. The van der Waals surface area contributed by atoms with Crippen molar-refractivity contribution < 1.29 is 4.98 Å². The van der Waals surface area contributed by atoms with Crippen molar-refractivity contribution in [3.05, 3.63) is 66.7 Å². The Morgan fingerprint density at radius 3 is 2.81 bits per heavy atom. The van der Waals surface area contributed by atoms with Crippen molar-refractivity contribution in [3.63, 3.8) is 0 Å². The van der Waals surface area contributed by atoms with Gasteiger partial charge in [-0.15, -0.1) is 11.3 Å². The summed E-state index contributed by atoms with van der Waals surface area (Å²) in [5.41, 5.74) is 2.33. The predicted octanol–water partition coefficient (Wildman–Crippen LogP) is 3.10. The van der Waals surface area contributed by atoms with E-state index in [1.807, 2.05) is 30.1 Å². The van der Waals surface area contributed by atoms with Gasteiger partial charge in [0.1, 0.15) is 0 Å². The van der Waals surface area contributed by atoms with Gasteiger partial charge in [0.15, 0.2) is 0 Å². The van der Waals surface area contributed by atoms with Crippen molar-refractivity contribution in [2.45, 2.75) is 19.4 Å². The summed E-state index contributed by atoms with van der Waals surface area (Å²) in [5.74, 6) is 0.948. The van der Waals surface area contributed by atoms with Crippen molar-refractivity contribution in [3.8, 4) is 10.4 Å². The van der Waals surface area contributed by atoms with Gasteiger partial charge < -0.3 is 10.2 Å². The second-order valence-electron chi connectivity index (χ2n) is 4.97. The number of rotatable bonds is 1. The van der Waals surface area contributed by atoms with Gasteiger partial charge in [0.05, 0.1) is 11.9 Å². The second kappa shape index (κ2) is 6.96. The maximum absolute atomic E-state index is 3.92. The summed E-state index contributed by atoms with van der Waals surface area (Å²) >= 11 is 1.73. The largest absolute Gasteiger partial charge is 0.369 e. The highest BCUT2D eigenvalue weighted by atomic mass is 32.1. The van der Waals surface area contributed by atoms with E-state index in [4.69, 9.17) is 0 Å². The van der Waals surface area contributed by atoms with Crippen molar-refractivity contribution in [2.75, 3.05) is 7.05 Å². The van der Waals surface area contributed by atoms with E-state index >= 15 is 0 Å². The van der Waals surface area contributed by atoms with Gasteiger partial charge in [0.2, 0.25) is 0 Å². The molecule has 1 fully saturated rings. The number of aromatic nitrogens is 1. The van der Waals surface area contributed by atoms with Crippen molar-refractivity contribution in [2.24, 2.45) is 0 Å². The molecule has 1 unspecified atom stereocenters. The molecule has 3 heterocycles. The molecule has 0 radical (unpaired) electrons. The van der Waals surface area contributed by atoms with Crippen LogP contribution in [-0.2, 0) is 0 Å². The Hall–Kier alpha value is -2.25. The fraction of sp³-hybridized carbons (Fsp3) is 0.235. The molecule has 0 aliphatic carbocycles. The van der Waals surface area contributed by atoms with E-state index in [9.17, 15) is 0 Å². The van der Waals surface area contributed by atoms with Gasteiger partial charge in [-0.25, -0.2) is 0 Å². The molecule has 1 saturated heterocycles. The van der Waals surface area contributed by atoms with Crippen LogP contribution in [0.3, 0.4) is 0 Å². The molecule has 1 aliphatic heterocycles. The Morgan fingerprint density at radius 1 is 1.43 bits per heavy atom. The molecule has 1 N–H and O–H groups in total. The molecule has 1 atom stereocenters. The molecule has 0 aromatic carbocycles. The fourth-order valence-corrected chi connectivity index (χ4v) is 2.75. The van der Waals surface area contributed by atoms with Crippen LogP contribution in [0.5, 0.6) is 0 Å². The quantitative estimate of drug-likeness (QED) is 0.877. The molecule has 3 rings (SSSR count). The average Bonchev–Trinajstić information content (AvgIpc) is 3.00. The molecule has 3 nitrogen and oxygen atoms in total. The summed E-state index contributed by atoms with van der Waals surface area (Å²) in [6.07, 6.45) is 5.57. The molecule has 1 aliphatic rings. The minimum absolute atomic E-state index is 0.483. The van der Waals surface area contributed by atoms with E-state index in [1.165, 1.54) is 10.4 Å². The smallest absolute Gasteiger partial charge is 0.312 e. The van der Waals surface area contributed by atoms with Crippen LogP contribution < -0.4 is 10.3 Å². The number of hydrogen-bond acceptors (Lipinski definition) is 3. The average molecular weight is 298 g/mol. The normalized spacial score (nSPS) is 17.4. The Kier molecular flexibility index (Phi) is 5.02. The van der Waals surface area contributed by atoms with Gasteiger partial charge in [-0.05, 0) is 23.4 Å². The van der Waals surface area contributed by atoms with Crippen molar-refractivity contribution in [1.82, 2.24) is 10.2 Å². The SMILES string of the molecule is C=C1CC(C)NC(=C)N1C.c1cc(-c2cccs2)cc[n+]#1. The summed E-state index contributed by atoms with van der Waals surface area (Å²) in [6.45, 7) is 9.90. The highest BCUT2D eigenvalue weighted by molar-refractivity contribution is 7.13. The van der Waals surface area contributed by atoms with Crippen LogP contribution in [0.25, 0.3) is 10.4 Å². The van der Waals surface area contributed by atoms with Gasteiger partial charge in [-0.3, -0.25) is 0 Å². The van der Waals surface area contributed by atoms with Crippen molar-refractivity contribution in [1.29, 1.82) is 0 Å². The monoisotopic (exact) mass is 298 g/mol. The van der Waals surface area contributed by atoms with Crippen LogP contribution in [0.2, 0.25) is 0 Å². The third-order valence-corrected chi connectivity index (χ3v) is 4.18. The third-order valence-electron chi connectivity index (χ3n) is 3.26. The minimum Gasteiger partial charge on any atom is -0.369 e. The van der Waals surface area contributed by atoms with Crippen LogP contribution in [0, 0.1) is 6.20 Å². The number of nitrogens with zero attached hydrogens (tertiary/aromatic N) is 2. The van der Waals surface area contributed by atoms with E-state index < -0.39 is 0 Å². The molecule has 0 saturated carbocycles. The molecule has 2 aromatic rings. The lowest BCUT2D eigenvalue weighted by molar-refractivity contribution is -0.293. The summed E-state index contributed by atoms with van der Waals surface area (Å²) in [4.78, 5) is 7.09. The highest BCUT2D eigenvalue weighted by Gasteiger charge is 2.16. The Balaban J connectivity index is 0.000000155. The highest BCUT2D eigenvalue weighted by Crippen LogP contribution is 2.22. The van der Waals surface area contributed by atoms with Crippen LogP contribution in [-0.4, -0.2) is 18.0 Å². The van der Waals surface area contributed by atoms with Crippen molar-refractivity contribution >= 4 is 11.3 Å². The summed E-state index contributed by atoms with van der Waals surface area (Å²) in [7, 11) is 1.98. The van der Waals surface area contributed by atoms with Crippen LogP contribution in [0.4, 0.5) is 0 Å². The number of hydrogen-bond donors (Lipinski definition) is 1. The maximum Gasteiger partial charge on any atom is 0.312 e. The predicted molar refractivity (Wildman–Crippen MR) is 87.4 cm³/mol. The lowest BCUT2D eigenvalue weighted by Gasteiger charge is -2.34. The second-order valence-corrected chi connectivity index (χ2v) is 5.92. The first kappa shape index (κ1) is 15.1. The lowest BCUT2D eigenvalue weighted by atomic mass is 10.1. The number of nitrogens with one attached hydrogen (secondary N) is 1. The van der Waals surface area contributed by atoms with Gasteiger partial charge in [0, 0.05) is 41.7 Å². The first-order chi connectivity index (χ1) is 10.1. The Morgan fingerprint density at radius 2 is 2.24 bits per heavy atom. The Labute approximate surface area is 130 Å². The van der Waals surface area contributed by atoms with E-state index in [1.54, 1.807) is 17.5 Å². The molecule has 21 heavy (non-hydrogen) atoms. The van der Waals surface area contributed by atoms with Crippen LogP contribution >= 0.6 is 11.3 Å². The lowest BCUT2D eigenvalue weighted by Crippen LogP contribution is -2.39. The first-order valence-corrected chi connectivity index (χ1v) is 7.69. The standard InChI is InChI=1S/C9H6NS.C8H14N2/c1-2-9(11-7-1)8-3-5-10-6-4-8;1-6-5-7(2)10(4)8(3)9-6/h1-5,7H;6,9H,2-3,5H2,1,4H3/q+1;. The molecule has 0 spiro atoms. The summed E-state index contributed by atoms with van der Waals surface area (Å²) in [6, 6.07) is 8.50. The first-order valence-electron chi connectivity index (χ1n) is 6.81. The van der Waals surface area contributed by atoms with Gasteiger partial charge >= 0.3 is 12.4 Å². The van der Waals surface area contributed by atoms with E-state index in [-0.39, 0.29) is 0 Å². The zero-order valence-corrected chi connectivity index (χ0v) is 13.3. The van der Waals surface area contributed by atoms with Gasteiger partial charge in [-0.2, -0.15) is 0 Å². The maximum atomic E-state index is 3.92. The van der Waals surface area contributed by atoms with Crippen LogP contribution in [0.15, 0.2) is 60.5 Å². The zero-order valence-electron chi connectivity index (χ0n) is 12.5. The van der Waals surface area contributed by atoms with E-state index in [0.717, 1.165) is 17.9 Å². The molecule has 0 amide bonds. The number of thiophene rings is 1. The van der Waals surface area contributed by atoms with Crippen LogP contribution in [0.1, 0.15) is 13.3 Å². The minimum atomic E-state index is 0.483. The summed E-state index contributed by atoms with van der Waals surface area (Å²) < 4.78 is 0. The summed E-state index contributed by atoms with van der Waals surface area (Å²) in [5, 5.41) is 5.30. The van der Waals surface area contributed by atoms with E-state index in [2.05, 4.69) is 48.0 Å². The van der Waals surface area contributed by atoms with E-state index in [0.29, 0.717) is 6.04 Å². The fourth-order valence-electron chi connectivity index (χ4n) is 2.03. The molecular weight excluding hydrogens is 278 g/mol. The zero-order chi connectivity index (χ0) is 15.2. The molecule has 108 valence electrons. The molecule has 4 heteroatoms.